The van der Waals surface area contributed by atoms with Crippen LogP contribution >= 0.6 is 0 Å². The fourth-order valence-electron chi connectivity index (χ4n) is 10.1. The van der Waals surface area contributed by atoms with Crippen molar-refractivity contribution in [3.8, 4) is 0 Å². The number of benzene rings is 7. The summed E-state index contributed by atoms with van der Waals surface area (Å²) in [5.41, 5.74) is -9.45. The molecule has 2 heterocycles. The van der Waals surface area contributed by atoms with Crippen molar-refractivity contribution >= 4 is 78.1 Å². The van der Waals surface area contributed by atoms with E-state index in [2.05, 4.69) is 0 Å². The number of amides is 4. The lowest BCUT2D eigenvalue weighted by Crippen LogP contribution is -2.74. The molecule has 40 heteroatoms. The van der Waals surface area contributed by atoms with Crippen LogP contribution in [-0.2, 0) is 11.8 Å². The lowest BCUT2D eigenvalue weighted by molar-refractivity contribution is -0.462. The predicted molar refractivity (Wildman–Crippen MR) is 242 cm³/mol. The number of imide groups is 2. The summed E-state index contributed by atoms with van der Waals surface area (Å²) in [6, 6.07) is 6.53. The molecule has 0 saturated heterocycles. The van der Waals surface area contributed by atoms with Gasteiger partial charge >= 0.3 is 95.3 Å². The zero-order chi connectivity index (χ0) is 70.0. The van der Waals surface area contributed by atoms with Gasteiger partial charge in [-0.25, -0.2) is 9.80 Å². The molecule has 0 radical (unpaired) electrons. The van der Waals surface area contributed by atoms with Crippen molar-refractivity contribution < 1.29 is 168 Å². The minimum atomic E-state index is -8.91. The Morgan fingerprint density at radius 1 is 0.207 bits per heavy atom. The van der Waals surface area contributed by atoms with Crippen molar-refractivity contribution in [2.75, 3.05) is 9.80 Å². The molecule has 6 nitrogen and oxygen atoms in total. The molecule has 0 atom stereocenters. The zero-order valence-corrected chi connectivity index (χ0v) is 42.6. The van der Waals surface area contributed by atoms with Crippen LogP contribution < -0.4 is 9.80 Å². The van der Waals surface area contributed by atoms with Gasteiger partial charge in [-0.1, -0.05) is 48.5 Å². The lowest BCUT2D eigenvalue weighted by atomic mass is 9.82. The highest BCUT2D eigenvalue weighted by Crippen LogP contribution is 2.68. The normalized spacial score (nSPS) is 16.4. The Balaban J connectivity index is 1.02. The Morgan fingerprint density at radius 3 is 0.587 bits per heavy atom. The Labute approximate surface area is 481 Å². The van der Waals surface area contributed by atoms with Gasteiger partial charge in [0.25, 0.3) is 23.6 Å². The fraction of sp³-hybridized carbons (Fsp3) is 0.308. The third-order valence-electron chi connectivity index (χ3n) is 15.1. The van der Waals surface area contributed by atoms with Crippen LogP contribution in [0.3, 0.4) is 0 Å². The van der Waals surface area contributed by atoms with Gasteiger partial charge in [0.1, 0.15) is 0 Å². The molecule has 4 amide bonds. The minimum absolute atomic E-state index is 0.0203. The fourth-order valence-corrected chi connectivity index (χ4v) is 10.1. The van der Waals surface area contributed by atoms with E-state index >= 15 is 17.6 Å². The van der Waals surface area contributed by atoms with E-state index in [0.717, 1.165) is 48.5 Å². The maximum absolute atomic E-state index is 15.2. The van der Waals surface area contributed by atoms with Crippen molar-refractivity contribution in [2.45, 2.75) is 95.3 Å². The molecule has 2 aliphatic heterocycles. The maximum atomic E-state index is 15.2. The van der Waals surface area contributed by atoms with Crippen molar-refractivity contribution in [3.05, 3.63) is 130 Å². The molecule has 0 saturated carbocycles. The van der Waals surface area contributed by atoms with E-state index in [1.807, 2.05) is 0 Å². The highest BCUT2D eigenvalue weighted by Gasteiger charge is 2.97. The zero-order valence-electron chi connectivity index (χ0n) is 42.6. The minimum Gasteiger partial charge on any atom is -0.268 e. The second-order valence-corrected chi connectivity index (χ2v) is 20.2. The molecule has 496 valence electrons. The van der Waals surface area contributed by atoms with Crippen molar-refractivity contribution in [1.82, 2.24) is 0 Å². The van der Waals surface area contributed by atoms with E-state index in [-0.39, 0.29) is 77.2 Å². The first-order valence-corrected chi connectivity index (χ1v) is 23.9. The lowest BCUT2D eigenvalue weighted by Gasteiger charge is -2.42. The van der Waals surface area contributed by atoms with E-state index in [1.165, 1.54) is 0 Å². The standard InChI is InChI=1S/C52H16F34N2O4/c53-37(54,39(57,58)41(61,62)43(65,66)45(69,70)47(73,74)49(77,78)51(81,82)83)17-1-5-19(6-2-17)87-33(89)25-13-9-21-23-11-15-27-32-28(16-12-24(30(23)32)22-10-14-26(34(87)90)31(25)29(21)22)36(92)88(35(27)91)20-7-3-18(4-8-20)38(55,56)40(59,60)42(63,64)44(67,68)46(71,72)48(75,76)50(79,80)52(84,85)86/h1-16H. The molecule has 0 bridgehead atoms. The van der Waals surface area contributed by atoms with Crippen LogP contribution in [-0.4, -0.2) is 107 Å². The van der Waals surface area contributed by atoms with Crippen molar-refractivity contribution in [2.24, 2.45) is 0 Å². The Bertz CT molecular complexity index is 3870. The average molecular weight is 1380 g/mol. The number of carbonyl (C=O) groups is 4. The number of hydrogen-bond acceptors (Lipinski definition) is 4. The van der Waals surface area contributed by atoms with Gasteiger partial charge in [0.05, 0.1) is 11.4 Å². The third-order valence-corrected chi connectivity index (χ3v) is 15.1. The largest absolute Gasteiger partial charge is 0.460 e. The Morgan fingerprint density at radius 2 is 0.391 bits per heavy atom. The molecule has 92 heavy (non-hydrogen) atoms. The van der Waals surface area contributed by atoms with Gasteiger partial charge in [-0.3, -0.25) is 19.2 Å². The van der Waals surface area contributed by atoms with Gasteiger partial charge in [0.2, 0.25) is 0 Å². The van der Waals surface area contributed by atoms with Gasteiger partial charge in [0, 0.05) is 44.2 Å². The summed E-state index contributed by atoms with van der Waals surface area (Å²) in [5.74, 6) is -123. The van der Waals surface area contributed by atoms with Crippen LogP contribution in [0.1, 0.15) is 52.6 Å². The van der Waals surface area contributed by atoms with Gasteiger partial charge in [-0.05, 0) is 80.8 Å². The van der Waals surface area contributed by atoms with Crippen LogP contribution in [0.25, 0.3) is 43.1 Å². The highest BCUT2D eigenvalue weighted by atomic mass is 19.4. The second kappa shape index (κ2) is 19.2. The van der Waals surface area contributed by atoms with Gasteiger partial charge < -0.3 is 0 Å². The number of nitrogens with zero attached hydrogens (tertiary/aromatic N) is 2. The molecular formula is C52H16F34N2O4. The number of carbonyl (C=O) groups excluding carboxylic acids is 4. The van der Waals surface area contributed by atoms with Crippen molar-refractivity contribution in [1.29, 1.82) is 0 Å². The molecule has 0 spiro atoms. The number of alkyl halides is 34. The SMILES string of the molecule is O=C1c2ccc3c4ccc5c6c(ccc(c7ccc(c2c37)C(=O)N1c1ccc(C(F)(F)C(F)(F)C(F)(F)C(F)(F)C(F)(F)C(F)(F)C(F)(F)C(F)(F)F)cc1)c64)C(=O)N(c1ccc(C(F)(F)C(F)(F)C(F)(F)C(F)(F)C(F)(F)C(F)(F)C(F)(F)C(F)(F)F)cc1)C5=O. The summed E-state index contributed by atoms with van der Waals surface area (Å²) in [5, 5.41) is -0.548. The summed E-state index contributed by atoms with van der Waals surface area (Å²) >= 11 is 0. The quantitative estimate of drug-likeness (QED) is 0.0418. The molecule has 0 unspecified atom stereocenters. The number of halogens is 34. The average Bonchev–Trinajstić information content (AvgIpc) is 0.703. The van der Waals surface area contributed by atoms with E-state index in [0.29, 0.717) is 0 Å². The Kier molecular flexibility index (Phi) is 14.2. The van der Waals surface area contributed by atoms with Crippen molar-refractivity contribution in [3.63, 3.8) is 0 Å². The van der Waals surface area contributed by atoms with Crippen LogP contribution in [0.2, 0.25) is 0 Å². The Hall–Kier alpha value is -8.26. The number of rotatable bonds is 16. The summed E-state index contributed by atoms with van der Waals surface area (Å²) in [7, 11) is 0. The summed E-state index contributed by atoms with van der Waals surface area (Å²) in [4.78, 5) is 56.6. The first-order chi connectivity index (χ1) is 41.3. The second-order valence-electron chi connectivity index (χ2n) is 20.2. The summed E-state index contributed by atoms with van der Waals surface area (Å²) in [6.45, 7) is 0. The topological polar surface area (TPSA) is 74.8 Å². The first-order valence-electron chi connectivity index (χ1n) is 23.9. The first kappa shape index (κ1) is 68.1. The number of hydrogen-bond donors (Lipinski definition) is 0. The van der Waals surface area contributed by atoms with Crippen LogP contribution in [0, 0.1) is 0 Å². The smallest absolute Gasteiger partial charge is 0.268 e. The molecule has 0 aromatic heterocycles. The van der Waals surface area contributed by atoms with Gasteiger partial charge in [-0.15, -0.1) is 0 Å². The van der Waals surface area contributed by atoms with Crippen LogP contribution in [0.15, 0.2) is 97.1 Å². The number of fused-ring (bicyclic) bond motifs is 2. The molecule has 7 aromatic rings. The van der Waals surface area contributed by atoms with Crippen LogP contribution in [0.5, 0.6) is 0 Å². The molecular weight excluding hydrogens is 1360 g/mol. The molecule has 0 fully saturated rings. The number of anilines is 2. The summed E-state index contributed by atoms with van der Waals surface area (Å²) < 4.78 is 476. The maximum Gasteiger partial charge on any atom is 0.460 e. The molecule has 2 aliphatic rings. The highest BCUT2D eigenvalue weighted by molar-refractivity contribution is 6.45. The molecule has 7 aromatic carbocycles. The van der Waals surface area contributed by atoms with Gasteiger partial charge in [0.15, 0.2) is 0 Å². The van der Waals surface area contributed by atoms with Gasteiger partial charge in [-0.2, -0.15) is 149 Å². The molecule has 9 rings (SSSR count). The third kappa shape index (κ3) is 8.02. The monoisotopic (exact) mass is 1380 g/mol. The van der Waals surface area contributed by atoms with E-state index in [4.69, 9.17) is 0 Å². The van der Waals surface area contributed by atoms with Crippen LogP contribution in [0.4, 0.5) is 161 Å². The summed E-state index contributed by atoms with van der Waals surface area (Å²) in [6.07, 6.45) is -16.0. The van der Waals surface area contributed by atoms with E-state index < -0.39 is 188 Å². The van der Waals surface area contributed by atoms with E-state index in [9.17, 15) is 151 Å². The predicted octanol–water partition coefficient (Wildman–Crippen LogP) is 18.3. The van der Waals surface area contributed by atoms with E-state index in [1.54, 1.807) is 0 Å². The molecule has 0 N–H and O–H groups in total. The molecule has 0 aliphatic carbocycles.